The van der Waals surface area contributed by atoms with E-state index in [0.717, 1.165) is 24.2 Å². The molecule has 5 rings (SSSR count). The molecule has 0 aromatic heterocycles. The Morgan fingerprint density at radius 3 is 2.38 bits per heavy atom. The molecule has 0 radical (unpaired) electrons. The van der Waals surface area contributed by atoms with Crippen molar-refractivity contribution in [2.75, 3.05) is 12.4 Å². The number of amides is 2. The number of rotatable bonds is 5. The predicted octanol–water partition coefficient (Wildman–Crippen LogP) is 5.47. The molecular formula is C21H29ClN2O2. The predicted molar refractivity (Wildman–Crippen MR) is 105 cm³/mol. The highest BCUT2D eigenvalue weighted by Gasteiger charge is 2.54. The Bertz CT molecular complexity index is 655. The Kier molecular flexibility index (Phi) is 4.81. The van der Waals surface area contributed by atoms with Crippen LogP contribution < -0.4 is 15.4 Å². The molecule has 4 aliphatic rings. The molecule has 1 aromatic carbocycles. The monoisotopic (exact) mass is 376 g/mol. The lowest BCUT2D eigenvalue weighted by Gasteiger charge is -2.59. The number of urea groups is 1. The van der Waals surface area contributed by atoms with Gasteiger partial charge in [-0.3, -0.25) is 0 Å². The van der Waals surface area contributed by atoms with Gasteiger partial charge in [0, 0.05) is 11.1 Å². The molecule has 26 heavy (non-hydrogen) atoms. The minimum absolute atomic E-state index is 0.159. The van der Waals surface area contributed by atoms with E-state index < -0.39 is 0 Å². The van der Waals surface area contributed by atoms with E-state index in [2.05, 4.69) is 17.6 Å². The fourth-order valence-electron chi connectivity index (χ4n) is 6.39. The van der Waals surface area contributed by atoms with Crippen LogP contribution >= 0.6 is 11.6 Å². The van der Waals surface area contributed by atoms with E-state index >= 15 is 0 Å². The van der Waals surface area contributed by atoms with Crippen LogP contribution in [0.4, 0.5) is 10.5 Å². The van der Waals surface area contributed by atoms with Crippen LogP contribution in [0, 0.1) is 23.2 Å². The van der Waals surface area contributed by atoms with Gasteiger partial charge in [-0.05, 0) is 86.3 Å². The summed E-state index contributed by atoms with van der Waals surface area (Å²) < 4.78 is 5.33. The molecule has 0 saturated heterocycles. The molecule has 4 saturated carbocycles. The van der Waals surface area contributed by atoms with Crippen molar-refractivity contribution in [3.05, 3.63) is 23.2 Å². The van der Waals surface area contributed by atoms with Crippen molar-refractivity contribution < 1.29 is 9.53 Å². The van der Waals surface area contributed by atoms with Crippen molar-refractivity contribution in [2.45, 2.75) is 57.9 Å². The summed E-state index contributed by atoms with van der Waals surface area (Å²) in [7, 11) is 1.59. The van der Waals surface area contributed by atoms with Crippen LogP contribution in [0.5, 0.6) is 5.75 Å². The molecule has 142 valence electrons. The molecular weight excluding hydrogens is 348 g/mol. The van der Waals surface area contributed by atoms with E-state index in [1.807, 2.05) is 0 Å². The lowest BCUT2D eigenvalue weighted by molar-refractivity contribution is -0.0719. The van der Waals surface area contributed by atoms with Gasteiger partial charge in [0.2, 0.25) is 0 Å². The Morgan fingerprint density at radius 1 is 1.23 bits per heavy atom. The third kappa shape index (κ3) is 3.28. The summed E-state index contributed by atoms with van der Waals surface area (Å²) in [4.78, 5) is 12.7. The van der Waals surface area contributed by atoms with E-state index in [1.165, 1.54) is 38.5 Å². The van der Waals surface area contributed by atoms with Crippen molar-refractivity contribution >= 4 is 23.3 Å². The molecule has 1 atom stereocenters. The van der Waals surface area contributed by atoms with Crippen LogP contribution in [-0.2, 0) is 0 Å². The number of hydrogen-bond acceptors (Lipinski definition) is 2. The number of ether oxygens (including phenoxy) is 1. The van der Waals surface area contributed by atoms with Crippen LogP contribution in [0.3, 0.4) is 0 Å². The third-order valence-corrected chi connectivity index (χ3v) is 7.18. The Labute approximate surface area is 161 Å². The van der Waals surface area contributed by atoms with Crippen molar-refractivity contribution in [3.63, 3.8) is 0 Å². The van der Waals surface area contributed by atoms with Gasteiger partial charge in [-0.1, -0.05) is 18.5 Å². The fourth-order valence-corrected chi connectivity index (χ4v) is 6.56. The van der Waals surface area contributed by atoms with Gasteiger partial charge < -0.3 is 15.4 Å². The van der Waals surface area contributed by atoms with Crippen LogP contribution in [-0.4, -0.2) is 19.2 Å². The molecule has 5 heteroatoms. The maximum absolute atomic E-state index is 12.7. The number of halogens is 1. The smallest absolute Gasteiger partial charge is 0.319 e. The second-order valence-electron chi connectivity index (χ2n) is 8.68. The highest BCUT2D eigenvalue weighted by molar-refractivity contribution is 6.31. The molecule has 0 heterocycles. The van der Waals surface area contributed by atoms with Gasteiger partial charge in [-0.15, -0.1) is 0 Å². The number of anilines is 1. The Morgan fingerprint density at radius 2 is 1.85 bits per heavy atom. The zero-order valence-corrected chi connectivity index (χ0v) is 16.4. The number of methoxy groups -OCH3 is 1. The zero-order chi connectivity index (χ0) is 18.3. The van der Waals surface area contributed by atoms with Crippen molar-refractivity contribution in [3.8, 4) is 5.75 Å². The highest BCUT2D eigenvalue weighted by Crippen LogP contribution is 2.61. The second kappa shape index (κ2) is 6.95. The van der Waals surface area contributed by atoms with Crippen molar-refractivity contribution in [1.29, 1.82) is 0 Å². The first kappa shape index (κ1) is 18.0. The van der Waals surface area contributed by atoms with Crippen molar-refractivity contribution in [1.82, 2.24) is 5.32 Å². The Balaban J connectivity index is 1.47. The average Bonchev–Trinajstić information content (AvgIpc) is 2.58. The van der Waals surface area contributed by atoms with Gasteiger partial charge in [-0.25, -0.2) is 4.79 Å². The van der Waals surface area contributed by atoms with Crippen molar-refractivity contribution in [2.24, 2.45) is 23.2 Å². The third-order valence-electron chi connectivity index (χ3n) is 6.95. The number of benzene rings is 1. The van der Waals surface area contributed by atoms with Crippen LogP contribution in [0.15, 0.2) is 18.2 Å². The Hall–Kier alpha value is -1.42. The van der Waals surface area contributed by atoms with E-state index in [0.29, 0.717) is 21.9 Å². The van der Waals surface area contributed by atoms with E-state index in [4.69, 9.17) is 16.3 Å². The average molecular weight is 377 g/mol. The first-order valence-electron chi connectivity index (χ1n) is 9.92. The molecule has 1 unspecified atom stereocenters. The summed E-state index contributed by atoms with van der Waals surface area (Å²) in [5, 5.41) is 6.81. The summed E-state index contributed by atoms with van der Waals surface area (Å²) in [6, 6.07) is 5.34. The van der Waals surface area contributed by atoms with Gasteiger partial charge in [0.25, 0.3) is 0 Å². The summed E-state index contributed by atoms with van der Waals surface area (Å²) in [6.45, 7) is 2.20. The first-order chi connectivity index (χ1) is 12.5. The summed E-state index contributed by atoms with van der Waals surface area (Å²) >= 11 is 6.07. The number of carbonyl (C=O) groups excluding carboxylic acids is 1. The lowest BCUT2D eigenvalue weighted by atomic mass is 9.47. The molecule has 4 nitrogen and oxygen atoms in total. The number of carbonyl (C=O) groups is 1. The topological polar surface area (TPSA) is 50.4 Å². The van der Waals surface area contributed by atoms with E-state index in [-0.39, 0.29) is 12.1 Å². The zero-order valence-electron chi connectivity index (χ0n) is 15.7. The number of hydrogen-bond donors (Lipinski definition) is 2. The normalized spacial score (nSPS) is 33.0. The summed E-state index contributed by atoms with van der Waals surface area (Å²) in [5.74, 6) is 3.27. The molecule has 1 aromatic rings. The minimum Gasteiger partial charge on any atom is -0.495 e. The molecule has 4 fully saturated rings. The van der Waals surface area contributed by atoms with E-state index in [9.17, 15) is 4.79 Å². The maximum Gasteiger partial charge on any atom is 0.319 e. The fraction of sp³-hybridized carbons (Fsp3) is 0.667. The van der Waals surface area contributed by atoms with Gasteiger partial charge in [-0.2, -0.15) is 0 Å². The quantitative estimate of drug-likeness (QED) is 0.716. The molecule has 0 aliphatic heterocycles. The first-order valence-corrected chi connectivity index (χ1v) is 10.3. The van der Waals surface area contributed by atoms with Gasteiger partial charge in [0.1, 0.15) is 5.75 Å². The standard InChI is InChI=1S/C21H29ClN2O2/c1-3-19(21-10-13-6-14(11-21)8-15(7-13)12-21)24-20(25)23-17-9-16(22)4-5-18(17)26-2/h4-5,9,13-15,19H,3,6-8,10-12H2,1-2H3,(H2,23,24,25). The van der Waals surface area contributed by atoms with Crippen LogP contribution in [0.1, 0.15) is 51.9 Å². The highest BCUT2D eigenvalue weighted by atomic mass is 35.5. The van der Waals surface area contributed by atoms with Crippen LogP contribution in [0.2, 0.25) is 5.02 Å². The van der Waals surface area contributed by atoms with Gasteiger partial charge >= 0.3 is 6.03 Å². The van der Waals surface area contributed by atoms with E-state index in [1.54, 1.807) is 25.3 Å². The van der Waals surface area contributed by atoms with Gasteiger partial charge in [0.05, 0.1) is 12.8 Å². The summed E-state index contributed by atoms with van der Waals surface area (Å²) in [5.41, 5.74) is 0.914. The largest absolute Gasteiger partial charge is 0.495 e. The molecule has 0 spiro atoms. The maximum atomic E-state index is 12.7. The van der Waals surface area contributed by atoms with Crippen LogP contribution in [0.25, 0.3) is 0 Å². The molecule has 2 amide bonds. The van der Waals surface area contributed by atoms with Gasteiger partial charge in [0.15, 0.2) is 0 Å². The SMILES string of the molecule is CCC(NC(=O)Nc1cc(Cl)ccc1OC)C12CC3CC(CC(C3)C1)C2. The molecule has 2 N–H and O–H groups in total. The second-order valence-corrected chi connectivity index (χ2v) is 9.12. The molecule has 4 bridgehead atoms. The number of nitrogens with one attached hydrogen (secondary N) is 2. The summed E-state index contributed by atoms with van der Waals surface area (Å²) in [6.07, 6.45) is 9.10. The molecule has 4 aliphatic carbocycles. The lowest BCUT2D eigenvalue weighted by Crippen LogP contribution is -2.57. The minimum atomic E-state index is -0.159.